The minimum absolute atomic E-state index is 0.175. The molecule has 186 valence electrons. The van der Waals surface area contributed by atoms with E-state index >= 15 is 0 Å². The summed E-state index contributed by atoms with van der Waals surface area (Å²) in [5.74, 6) is 1.45. The molecule has 0 saturated carbocycles. The van der Waals surface area contributed by atoms with Gasteiger partial charge in [0.05, 0.1) is 23.0 Å². The van der Waals surface area contributed by atoms with Crippen molar-refractivity contribution in [1.82, 2.24) is 4.90 Å². The van der Waals surface area contributed by atoms with Crippen LogP contribution in [-0.4, -0.2) is 36.3 Å². The van der Waals surface area contributed by atoms with Gasteiger partial charge < -0.3 is 14.2 Å². The van der Waals surface area contributed by atoms with E-state index in [9.17, 15) is 9.59 Å². The number of methoxy groups -OCH3 is 1. The van der Waals surface area contributed by atoms with Crippen molar-refractivity contribution in [3.05, 3.63) is 92.3 Å². The maximum Gasteiger partial charge on any atom is 0.293 e. The molecule has 1 heterocycles. The minimum atomic E-state index is -0.340. The second kappa shape index (κ2) is 11.7. The summed E-state index contributed by atoms with van der Waals surface area (Å²) in [4.78, 5) is 26.9. The van der Waals surface area contributed by atoms with Gasteiger partial charge in [-0.25, -0.2) is 0 Å². The minimum Gasteiger partial charge on any atom is -0.493 e. The SMILES string of the molecule is COc1cc(/C=C2\SC(=O)N(CCOc3ccc(C)cc3)C2=O)cc(Br)c1OCc1ccccc1C. The fourth-order valence-electron chi connectivity index (χ4n) is 3.62. The van der Waals surface area contributed by atoms with E-state index in [-0.39, 0.29) is 24.3 Å². The number of carbonyl (C=O) groups is 2. The number of benzene rings is 3. The first-order chi connectivity index (χ1) is 17.4. The number of hydrogen-bond donors (Lipinski definition) is 0. The monoisotopic (exact) mass is 567 g/mol. The molecule has 1 saturated heterocycles. The summed E-state index contributed by atoms with van der Waals surface area (Å²) in [6.07, 6.45) is 1.68. The summed E-state index contributed by atoms with van der Waals surface area (Å²) >= 11 is 4.47. The number of aryl methyl sites for hydroxylation is 2. The molecule has 8 heteroatoms. The van der Waals surface area contributed by atoms with Crippen LogP contribution in [0.3, 0.4) is 0 Å². The van der Waals surface area contributed by atoms with E-state index in [1.807, 2.05) is 68.4 Å². The molecule has 36 heavy (non-hydrogen) atoms. The zero-order valence-electron chi connectivity index (χ0n) is 20.2. The van der Waals surface area contributed by atoms with Gasteiger partial charge in [-0.15, -0.1) is 0 Å². The van der Waals surface area contributed by atoms with E-state index < -0.39 is 0 Å². The third kappa shape index (κ3) is 6.12. The number of rotatable bonds is 9. The Morgan fingerprint density at radius 1 is 1.00 bits per heavy atom. The predicted molar refractivity (Wildman–Crippen MR) is 146 cm³/mol. The van der Waals surface area contributed by atoms with Gasteiger partial charge in [-0.1, -0.05) is 42.0 Å². The highest BCUT2D eigenvalue weighted by atomic mass is 79.9. The number of halogens is 1. The zero-order chi connectivity index (χ0) is 25.7. The van der Waals surface area contributed by atoms with Gasteiger partial charge in [0.1, 0.15) is 19.0 Å². The normalized spacial score (nSPS) is 14.4. The maximum absolute atomic E-state index is 12.9. The lowest BCUT2D eigenvalue weighted by atomic mass is 10.1. The largest absolute Gasteiger partial charge is 0.493 e. The Morgan fingerprint density at radius 2 is 1.75 bits per heavy atom. The second-order valence-electron chi connectivity index (χ2n) is 8.24. The summed E-state index contributed by atoms with van der Waals surface area (Å²) in [6, 6.07) is 19.3. The molecule has 4 rings (SSSR count). The van der Waals surface area contributed by atoms with Crippen molar-refractivity contribution in [2.45, 2.75) is 20.5 Å². The van der Waals surface area contributed by atoms with Crippen molar-refractivity contribution in [1.29, 1.82) is 0 Å². The highest BCUT2D eigenvalue weighted by molar-refractivity contribution is 9.10. The highest BCUT2D eigenvalue weighted by Crippen LogP contribution is 2.39. The fourth-order valence-corrected chi connectivity index (χ4v) is 5.06. The molecule has 0 N–H and O–H groups in total. The van der Waals surface area contributed by atoms with Gasteiger partial charge in [0.2, 0.25) is 0 Å². The number of carbonyl (C=O) groups excluding carboxylic acids is 2. The van der Waals surface area contributed by atoms with Gasteiger partial charge in [-0.2, -0.15) is 0 Å². The molecule has 0 bridgehead atoms. The number of nitrogens with zero attached hydrogens (tertiary/aromatic N) is 1. The van der Waals surface area contributed by atoms with Gasteiger partial charge in [-0.3, -0.25) is 14.5 Å². The van der Waals surface area contributed by atoms with Crippen molar-refractivity contribution in [3.8, 4) is 17.2 Å². The van der Waals surface area contributed by atoms with Gasteiger partial charge >= 0.3 is 0 Å². The van der Waals surface area contributed by atoms with Crippen molar-refractivity contribution in [3.63, 3.8) is 0 Å². The molecule has 3 aromatic carbocycles. The number of hydrogen-bond acceptors (Lipinski definition) is 6. The topological polar surface area (TPSA) is 65.1 Å². The lowest BCUT2D eigenvalue weighted by Crippen LogP contribution is -2.32. The summed E-state index contributed by atoms with van der Waals surface area (Å²) in [7, 11) is 1.56. The molecule has 0 unspecified atom stereocenters. The molecule has 1 fully saturated rings. The van der Waals surface area contributed by atoms with E-state index in [4.69, 9.17) is 14.2 Å². The lowest BCUT2D eigenvalue weighted by molar-refractivity contribution is -0.123. The van der Waals surface area contributed by atoms with Crippen LogP contribution in [0.1, 0.15) is 22.3 Å². The van der Waals surface area contributed by atoms with E-state index in [0.717, 1.165) is 28.5 Å². The molecular formula is C28H26BrNO5S. The van der Waals surface area contributed by atoms with Crippen LogP contribution in [0.4, 0.5) is 4.79 Å². The Balaban J connectivity index is 1.44. The summed E-state index contributed by atoms with van der Waals surface area (Å²) in [5.41, 5.74) is 4.07. The van der Waals surface area contributed by atoms with Crippen molar-refractivity contribution < 1.29 is 23.8 Å². The summed E-state index contributed by atoms with van der Waals surface area (Å²) < 4.78 is 18.0. The van der Waals surface area contributed by atoms with Gasteiger partial charge in [0, 0.05) is 0 Å². The fraction of sp³-hybridized carbons (Fsp3) is 0.214. The Labute approximate surface area is 223 Å². The quantitative estimate of drug-likeness (QED) is 0.266. The van der Waals surface area contributed by atoms with Crippen LogP contribution in [0.25, 0.3) is 6.08 Å². The summed E-state index contributed by atoms with van der Waals surface area (Å²) in [5, 5.41) is -0.317. The molecule has 0 aliphatic carbocycles. The van der Waals surface area contributed by atoms with Gasteiger partial charge in [-0.05, 0) is 88.6 Å². The van der Waals surface area contributed by atoms with Crippen molar-refractivity contribution in [2.75, 3.05) is 20.3 Å². The standard InChI is InChI=1S/C28H26BrNO5S/c1-18-8-10-22(11-9-18)34-13-12-30-27(31)25(36-28(30)32)16-20-14-23(29)26(24(15-20)33-3)35-17-21-7-5-4-6-19(21)2/h4-11,14-16H,12-13,17H2,1-3H3/b25-16-. The molecule has 6 nitrogen and oxygen atoms in total. The Hall–Kier alpha value is -3.23. The molecule has 1 aliphatic heterocycles. The van der Waals surface area contributed by atoms with Gasteiger partial charge in [0.25, 0.3) is 11.1 Å². The smallest absolute Gasteiger partial charge is 0.293 e. The molecule has 0 spiro atoms. The second-order valence-corrected chi connectivity index (χ2v) is 10.1. The first-order valence-electron chi connectivity index (χ1n) is 11.4. The number of imide groups is 1. The van der Waals surface area contributed by atoms with Crippen molar-refractivity contribution in [2.24, 2.45) is 0 Å². The first kappa shape index (κ1) is 25.9. The predicted octanol–water partition coefficient (Wildman–Crippen LogP) is 6.77. The maximum atomic E-state index is 12.9. The van der Waals surface area contributed by atoms with Crippen LogP contribution in [-0.2, 0) is 11.4 Å². The average molecular weight is 568 g/mol. The Kier molecular flexibility index (Phi) is 8.38. The first-order valence-corrected chi connectivity index (χ1v) is 13.0. The third-order valence-corrected chi connectivity index (χ3v) is 7.16. The van der Waals surface area contributed by atoms with Gasteiger partial charge in [0.15, 0.2) is 11.5 Å². The highest BCUT2D eigenvalue weighted by Gasteiger charge is 2.35. The van der Waals surface area contributed by atoms with Crippen LogP contribution in [0.2, 0.25) is 0 Å². The molecule has 2 amide bonds. The van der Waals surface area contributed by atoms with Crippen LogP contribution >= 0.6 is 27.7 Å². The van der Waals surface area contributed by atoms with E-state index in [2.05, 4.69) is 15.9 Å². The summed E-state index contributed by atoms with van der Waals surface area (Å²) in [6.45, 7) is 4.83. The van der Waals surface area contributed by atoms with Crippen LogP contribution in [0.5, 0.6) is 17.2 Å². The third-order valence-electron chi connectivity index (χ3n) is 5.66. The number of amides is 2. The average Bonchev–Trinajstić information content (AvgIpc) is 3.12. The van der Waals surface area contributed by atoms with E-state index in [0.29, 0.717) is 38.8 Å². The lowest BCUT2D eigenvalue weighted by Gasteiger charge is -2.15. The number of ether oxygens (including phenoxy) is 3. The zero-order valence-corrected chi connectivity index (χ0v) is 22.6. The number of thioether (sulfide) groups is 1. The van der Waals surface area contributed by atoms with E-state index in [1.165, 1.54) is 4.90 Å². The van der Waals surface area contributed by atoms with Crippen LogP contribution in [0, 0.1) is 13.8 Å². The molecular weight excluding hydrogens is 542 g/mol. The molecule has 0 aromatic heterocycles. The molecule has 1 aliphatic rings. The Bertz CT molecular complexity index is 1310. The van der Waals surface area contributed by atoms with Crippen LogP contribution in [0.15, 0.2) is 70.0 Å². The van der Waals surface area contributed by atoms with Crippen molar-refractivity contribution >= 4 is 44.9 Å². The van der Waals surface area contributed by atoms with E-state index in [1.54, 1.807) is 19.3 Å². The molecule has 0 atom stereocenters. The van der Waals surface area contributed by atoms with Crippen LogP contribution < -0.4 is 14.2 Å². The molecule has 3 aromatic rings. The molecule has 0 radical (unpaired) electrons. The Morgan fingerprint density at radius 3 is 2.47 bits per heavy atom.